The SMILES string of the molecule is C#CCN(CC1CC1)c1ccc(C(=O)O)cc1[N+](=O)[O-]. The Hall–Kier alpha value is -2.55. The van der Waals surface area contributed by atoms with Crippen molar-refractivity contribution in [1.29, 1.82) is 0 Å². The summed E-state index contributed by atoms with van der Waals surface area (Å²) in [5.74, 6) is 1.82. The van der Waals surface area contributed by atoms with E-state index in [1.165, 1.54) is 12.1 Å². The van der Waals surface area contributed by atoms with Crippen molar-refractivity contribution in [2.75, 3.05) is 18.0 Å². The van der Waals surface area contributed by atoms with Gasteiger partial charge in [0.05, 0.1) is 17.0 Å². The number of carboxylic acids is 1. The van der Waals surface area contributed by atoms with Gasteiger partial charge in [0.25, 0.3) is 5.69 Å². The molecule has 0 aliphatic heterocycles. The number of carbonyl (C=O) groups is 1. The van der Waals surface area contributed by atoms with E-state index in [-0.39, 0.29) is 17.8 Å². The van der Waals surface area contributed by atoms with Crippen molar-refractivity contribution in [2.24, 2.45) is 5.92 Å². The Morgan fingerprint density at radius 2 is 2.25 bits per heavy atom. The van der Waals surface area contributed by atoms with Gasteiger partial charge < -0.3 is 10.0 Å². The van der Waals surface area contributed by atoms with E-state index in [4.69, 9.17) is 11.5 Å². The minimum atomic E-state index is -1.19. The molecule has 0 spiro atoms. The molecule has 1 saturated carbocycles. The standard InChI is InChI=1S/C14H14N2O4/c1-2-7-15(9-10-3-4-10)12-6-5-11(14(17)18)8-13(12)16(19)20/h1,5-6,8,10H,3-4,7,9H2,(H,17,18). The summed E-state index contributed by atoms with van der Waals surface area (Å²) >= 11 is 0. The average molecular weight is 274 g/mol. The van der Waals surface area contributed by atoms with Crippen LogP contribution in [0.2, 0.25) is 0 Å². The molecule has 20 heavy (non-hydrogen) atoms. The number of benzene rings is 1. The highest BCUT2D eigenvalue weighted by molar-refractivity contribution is 5.89. The predicted molar refractivity (Wildman–Crippen MR) is 73.8 cm³/mol. The zero-order valence-corrected chi connectivity index (χ0v) is 10.8. The molecule has 6 nitrogen and oxygen atoms in total. The van der Waals surface area contributed by atoms with Crippen LogP contribution in [0.3, 0.4) is 0 Å². The fraction of sp³-hybridized carbons (Fsp3) is 0.357. The van der Waals surface area contributed by atoms with Gasteiger partial charge in [-0.2, -0.15) is 0 Å². The lowest BCUT2D eigenvalue weighted by molar-refractivity contribution is -0.384. The number of aromatic carboxylic acids is 1. The highest BCUT2D eigenvalue weighted by Gasteiger charge is 2.28. The Bertz CT molecular complexity index is 587. The van der Waals surface area contributed by atoms with Gasteiger partial charge in [0.15, 0.2) is 0 Å². The van der Waals surface area contributed by atoms with Crippen molar-refractivity contribution in [3.63, 3.8) is 0 Å². The van der Waals surface area contributed by atoms with Crippen LogP contribution in [-0.2, 0) is 0 Å². The highest BCUT2D eigenvalue weighted by atomic mass is 16.6. The summed E-state index contributed by atoms with van der Waals surface area (Å²) in [6, 6.07) is 3.90. The molecule has 0 saturated heterocycles. The maximum atomic E-state index is 11.1. The molecule has 0 unspecified atom stereocenters. The highest BCUT2D eigenvalue weighted by Crippen LogP contribution is 2.35. The normalized spacial score (nSPS) is 13.6. The Kier molecular flexibility index (Phi) is 3.89. The summed E-state index contributed by atoms with van der Waals surface area (Å²) in [4.78, 5) is 23.2. The second-order valence-electron chi connectivity index (χ2n) is 4.79. The van der Waals surface area contributed by atoms with Crippen molar-refractivity contribution in [3.05, 3.63) is 33.9 Å². The molecule has 0 radical (unpaired) electrons. The number of anilines is 1. The number of nitro groups is 1. The van der Waals surface area contributed by atoms with Crippen molar-refractivity contribution in [2.45, 2.75) is 12.8 Å². The van der Waals surface area contributed by atoms with Gasteiger partial charge >= 0.3 is 5.97 Å². The summed E-state index contributed by atoms with van der Waals surface area (Å²) in [5.41, 5.74) is 0.0539. The van der Waals surface area contributed by atoms with Gasteiger partial charge in [-0.05, 0) is 30.9 Å². The van der Waals surface area contributed by atoms with Crippen LogP contribution >= 0.6 is 0 Å². The Balaban J connectivity index is 2.38. The van der Waals surface area contributed by atoms with Gasteiger partial charge in [0.1, 0.15) is 5.69 Å². The number of carboxylic acid groups (broad SMARTS) is 1. The molecular weight excluding hydrogens is 260 g/mol. The van der Waals surface area contributed by atoms with Crippen LogP contribution in [0.25, 0.3) is 0 Å². The molecule has 1 N–H and O–H groups in total. The maximum Gasteiger partial charge on any atom is 0.335 e. The molecule has 0 bridgehead atoms. The van der Waals surface area contributed by atoms with Crippen LogP contribution < -0.4 is 4.90 Å². The topological polar surface area (TPSA) is 83.7 Å². The molecule has 1 aromatic carbocycles. The van der Waals surface area contributed by atoms with Crippen LogP contribution in [0.15, 0.2) is 18.2 Å². The average Bonchev–Trinajstić information content (AvgIpc) is 3.21. The van der Waals surface area contributed by atoms with E-state index in [2.05, 4.69) is 5.92 Å². The molecule has 1 aromatic rings. The molecule has 0 aromatic heterocycles. The van der Waals surface area contributed by atoms with Crippen molar-refractivity contribution in [3.8, 4) is 12.3 Å². The quantitative estimate of drug-likeness (QED) is 0.488. The van der Waals surface area contributed by atoms with Gasteiger partial charge in [-0.3, -0.25) is 10.1 Å². The van der Waals surface area contributed by atoms with Crippen LogP contribution in [0.5, 0.6) is 0 Å². The van der Waals surface area contributed by atoms with Gasteiger partial charge in [0.2, 0.25) is 0 Å². The van der Waals surface area contributed by atoms with Gasteiger partial charge in [-0.15, -0.1) is 6.42 Å². The van der Waals surface area contributed by atoms with Crippen LogP contribution in [0, 0.1) is 28.4 Å². The fourth-order valence-electron chi connectivity index (χ4n) is 2.04. The minimum Gasteiger partial charge on any atom is -0.478 e. The number of hydrogen-bond donors (Lipinski definition) is 1. The summed E-state index contributed by atoms with van der Waals surface area (Å²) in [6.45, 7) is 0.932. The molecule has 0 atom stereocenters. The van der Waals surface area contributed by atoms with Crippen molar-refractivity contribution >= 4 is 17.3 Å². The third-order valence-corrected chi connectivity index (χ3v) is 3.22. The van der Waals surface area contributed by atoms with Crippen LogP contribution in [0.1, 0.15) is 23.2 Å². The molecule has 0 heterocycles. The Morgan fingerprint density at radius 3 is 2.75 bits per heavy atom. The number of rotatable bonds is 6. The Labute approximate surface area is 116 Å². The van der Waals surface area contributed by atoms with E-state index in [0.29, 0.717) is 18.2 Å². The first kappa shape index (κ1) is 13.9. The lowest BCUT2D eigenvalue weighted by Gasteiger charge is -2.22. The van der Waals surface area contributed by atoms with Crippen molar-refractivity contribution in [1.82, 2.24) is 0 Å². The number of hydrogen-bond acceptors (Lipinski definition) is 4. The first-order valence-electron chi connectivity index (χ1n) is 6.23. The minimum absolute atomic E-state index is 0.104. The molecule has 104 valence electrons. The molecular formula is C14H14N2O4. The van der Waals surface area contributed by atoms with E-state index in [1.807, 2.05) is 0 Å². The second-order valence-corrected chi connectivity index (χ2v) is 4.79. The zero-order chi connectivity index (χ0) is 14.7. The van der Waals surface area contributed by atoms with Gasteiger partial charge in [-0.25, -0.2) is 4.79 Å². The molecule has 6 heteroatoms. The summed E-state index contributed by atoms with van der Waals surface area (Å²) in [5, 5.41) is 20.1. The number of terminal acetylenes is 1. The zero-order valence-electron chi connectivity index (χ0n) is 10.8. The van der Waals surface area contributed by atoms with E-state index in [1.54, 1.807) is 4.90 Å². The van der Waals surface area contributed by atoms with Gasteiger partial charge in [0, 0.05) is 12.6 Å². The Morgan fingerprint density at radius 1 is 1.55 bits per heavy atom. The third kappa shape index (κ3) is 3.06. The molecule has 1 aliphatic rings. The molecule has 2 rings (SSSR count). The first-order chi connectivity index (χ1) is 9.52. The smallest absolute Gasteiger partial charge is 0.335 e. The monoisotopic (exact) mass is 274 g/mol. The van der Waals surface area contributed by atoms with Gasteiger partial charge in [-0.1, -0.05) is 5.92 Å². The van der Waals surface area contributed by atoms with E-state index < -0.39 is 10.9 Å². The van der Waals surface area contributed by atoms with Crippen molar-refractivity contribution < 1.29 is 14.8 Å². The third-order valence-electron chi connectivity index (χ3n) is 3.22. The van der Waals surface area contributed by atoms with Crippen LogP contribution in [0.4, 0.5) is 11.4 Å². The van der Waals surface area contributed by atoms with E-state index in [9.17, 15) is 14.9 Å². The second kappa shape index (κ2) is 5.61. The van der Waals surface area contributed by atoms with E-state index >= 15 is 0 Å². The summed E-state index contributed by atoms with van der Waals surface area (Å²) < 4.78 is 0. The molecule has 0 amide bonds. The summed E-state index contributed by atoms with van der Waals surface area (Å²) in [6.07, 6.45) is 7.51. The number of nitrogens with zero attached hydrogens (tertiary/aromatic N) is 2. The maximum absolute atomic E-state index is 11.1. The van der Waals surface area contributed by atoms with E-state index in [0.717, 1.165) is 18.9 Å². The largest absolute Gasteiger partial charge is 0.478 e. The first-order valence-corrected chi connectivity index (χ1v) is 6.23. The fourth-order valence-corrected chi connectivity index (χ4v) is 2.04. The molecule has 1 aliphatic carbocycles. The molecule has 1 fully saturated rings. The lowest BCUT2D eigenvalue weighted by atomic mass is 10.1. The predicted octanol–water partition coefficient (Wildman–Crippen LogP) is 2.14. The lowest BCUT2D eigenvalue weighted by Crippen LogP contribution is -2.26. The number of nitro benzene ring substituents is 1. The summed E-state index contributed by atoms with van der Waals surface area (Å²) in [7, 11) is 0. The van der Waals surface area contributed by atoms with Crippen LogP contribution in [-0.4, -0.2) is 29.1 Å².